The highest BCUT2D eigenvalue weighted by molar-refractivity contribution is 5.92. The number of methoxy groups -OCH3 is 2. The lowest BCUT2D eigenvalue weighted by molar-refractivity contribution is -0.141. The summed E-state index contributed by atoms with van der Waals surface area (Å²) in [6.07, 6.45) is -0.485. The molecule has 10 heteroatoms. The molecule has 6 rings (SSSR count). The Bertz CT molecular complexity index is 1130. The van der Waals surface area contributed by atoms with Crippen molar-refractivity contribution in [1.82, 2.24) is 19.9 Å². The molecule has 0 N–H and O–H groups in total. The number of nitrogens with zero attached hydrogens (tertiary/aromatic N) is 5. The van der Waals surface area contributed by atoms with Gasteiger partial charge >= 0.3 is 6.18 Å². The van der Waals surface area contributed by atoms with Gasteiger partial charge in [0.25, 0.3) is 0 Å². The minimum atomic E-state index is -4.42. The summed E-state index contributed by atoms with van der Waals surface area (Å²) >= 11 is 0. The van der Waals surface area contributed by atoms with Crippen molar-refractivity contribution in [2.45, 2.75) is 31.2 Å². The second kappa shape index (κ2) is 7.77. The van der Waals surface area contributed by atoms with E-state index in [9.17, 15) is 13.2 Å². The van der Waals surface area contributed by atoms with Crippen molar-refractivity contribution in [2.75, 3.05) is 32.2 Å². The lowest BCUT2D eigenvalue weighted by atomic mass is 9.86. The lowest BCUT2D eigenvalue weighted by Crippen LogP contribution is -2.69. The zero-order chi connectivity index (χ0) is 22.5. The Labute approximate surface area is 182 Å². The third kappa shape index (κ3) is 3.58. The molecule has 2 atom stereocenters. The van der Waals surface area contributed by atoms with Crippen molar-refractivity contribution >= 4 is 16.7 Å². The molecular formula is C22H22F3N5O2. The van der Waals surface area contributed by atoms with Crippen LogP contribution < -0.4 is 14.4 Å². The summed E-state index contributed by atoms with van der Waals surface area (Å²) in [6.45, 7) is 2.17. The number of pyridine rings is 1. The molecule has 0 aliphatic carbocycles. The molecule has 168 valence electrons. The summed E-state index contributed by atoms with van der Waals surface area (Å²) < 4.78 is 49.0. The van der Waals surface area contributed by atoms with E-state index in [-0.39, 0.29) is 12.1 Å². The second-order valence-corrected chi connectivity index (χ2v) is 8.12. The highest BCUT2D eigenvalue weighted by atomic mass is 19.4. The topological polar surface area (TPSA) is 63.6 Å². The zero-order valence-electron chi connectivity index (χ0n) is 17.6. The largest absolute Gasteiger partial charge is 0.493 e. The fraction of sp³-hybridized carbons (Fsp3) is 0.409. The fourth-order valence-corrected chi connectivity index (χ4v) is 4.69. The molecule has 3 aliphatic rings. The molecule has 3 fully saturated rings. The van der Waals surface area contributed by atoms with E-state index < -0.39 is 11.9 Å². The van der Waals surface area contributed by atoms with Gasteiger partial charge in [0.15, 0.2) is 11.5 Å². The van der Waals surface area contributed by atoms with E-state index in [2.05, 4.69) is 24.8 Å². The van der Waals surface area contributed by atoms with Crippen LogP contribution >= 0.6 is 0 Å². The van der Waals surface area contributed by atoms with E-state index in [1.807, 2.05) is 12.1 Å². The third-order valence-electron chi connectivity index (χ3n) is 6.15. The number of halogens is 3. The predicted molar refractivity (Wildman–Crippen MR) is 112 cm³/mol. The van der Waals surface area contributed by atoms with Crippen LogP contribution in [0.3, 0.4) is 0 Å². The Morgan fingerprint density at radius 3 is 2.34 bits per heavy atom. The number of aromatic nitrogens is 3. The maximum atomic E-state index is 12.7. The Hall–Kier alpha value is -3.14. The van der Waals surface area contributed by atoms with Crippen LogP contribution in [0.4, 0.5) is 19.0 Å². The van der Waals surface area contributed by atoms with Crippen LogP contribution in [-0.2, 0) is 12.7 Å². The van der Waals surface area contributed by atoms with Crippen molar-refractivity contribution < 1.29 is 22.6 Å². The SMILES string of the molecule is COc1cc2ncnc(N3C4CC3CN(Cc3ccc(C(F)(F)F)nc3)C4)c2cc1OC. The van der Waals surface area contributed by atoms with Crippen LogP contribution in [-0.4, -0.2) is 59.2 Å². The molecule has 5 heterocycles. The summed E-state index contributed by atoms with van der Waals surface area (Å²) in [5.41, 5.74) is 0.692. The van der Waals surface area contributed by atoms with E-state index in [1.165, 1.54) is 12.3 Å². The fourth-order valence-electron chi connectivity index (χ4n) is 4.69. The first-order valence-electron chi connectivity index (χ1n) is 10.3. The normalized spacial score (nSPS) is 20.8. The standard InChI is InChI=1S/C22H22F3N5O2/c1-31-18-6-16-17(7-19(18)32-2)27-12-28-21(16)30-14-5-15(30)11-29(10-14)9-13-3-4-20(26-8-13)22(23,24)25/h3-4,6-8,12,14-15H,5,9-11H2,1-2H3. The summed E-state index contributed by atoms with van der Waals surface area (Å²) in [4.78, 5) is 17.1. The smallest absolute Gasteiger partial charge is 0.433 e. The van der Waals surface area contributed by atoms with Gasteiger partial charge in [0, 0.05) is 49.4 Å². The van der Waals surface area contributed by atoms with Gasteiger partial charge in [-0.25, -0.2) is 9.97 Å². The minimum absolute atomic E-state index is 0.280. The average Bonchev–Trinajstić information content (AvgIpc) is 2.78. The second-order valence-electron chi connectivity index (χ2n) is 8.12. The first-order valence-corrected chi connectivity index (χ1v) is 10.3. The van der Waals surface area contributed by atoms with Crippen LogP contribution in [0.5, 0.6) is 11.5 Å². The van der Waals surface area contributed by atoms with Crippen molar-refractivity contribution in [2.24, 2.45) is 0 Å². The zero-order valence-corrected chi connectivity index (χ0v) is 17.6. The van der Waals surface area contributed by atoms with Crippen molar-refractivity contribution in [3.63, 3.8) is 0 Å². The molecule has 3 aliphatic heterocycles. The monoisotopic (exact) mass is 445 g/mol. The molecule has 2 bridgehead atoms. The number of benzene rings is 1. The Balaban J connectivity index is 1.33. The Kier molecular flexibility index (Phi) is 5.04. The number of hydrogen-bond acceptors (Lipinski definition) is 7. The van der Waals surface area contributed by atoms with Crippen molar-refractivity contribution in [3.8, 4) is 11.5 Å². The first-order chi connectivity index (χ1) is 15.4. The number of piperazine rings is 1. The van der Waals surface area contributed by atoms with E-state index in [0.29, 0.717) is 18.0 Å². The van der Waals surface area contributed by atoms with Crippen molar-refractivity contribution in [3.05, 3.63) is 48.0 Å². The molecular weight excluding hydrogens is 423 g/mol. The molecule has 0 amide bonds. The molecule has 7 nitrogen and oxygen atoms in total. The van der Waals surface area contributed by atoms with Crippen LogP contribution in [0.1, 0.15) is 17.7 Å². The van der Waals surface area contributed by atoms with Crippen LogP contribution in [0.2, 0.25) is 0 Å². The number of rotatable bonds is 5. The molecule has 3 saturated heterocycles. The molecule has 3 aromatic rings. The highest BCUT2D eigenvalue weighted by Crippen LogP contribution is 2.41. The van der Waals surface area contributed by atoms with Crippen LogP contribution in [0, 0.1) is 0 Å². The molecule has 2 aromatic heterocycles. The number of fused-ring (bicyclic) bond motifs is 3. The number of ether oxygens (including phenoxy) is 2. The van der Waals surface area contributed by atoms with Gasteiger partial charge in [0.2, 0.25) is 0 Å². The van der Waals surface area contributed by atoms with Gasteiger partial charge in [-0.1, -0.05) is 6.07 Å². The van der Waals surface area contributed by atoms with Gasteiger partial charge in [0.05, 0.1) is 19.7 Å². The minimum Gasteiger partial charge on any atom is -0.493 e. The number of hydrogen-bond donors (Lipinski definition) is 0. The number of piperidine rings is 1. The first kappa shape index (κ1) is 20.7. The van der Waals surface area contributed by atoms with Crippen LogP contribution in [0.15, 0.2) is 36.8 Å². The summed E-state index contributed by atoms with van der Waals surface area (Å²) in [5, 5.41) is 0.903. The Morgan fingerprint density at radius 2 is 1.72 bits per heavy atom. The molecule has 32 heavy (non-hydrogen) atoms. The highest BCUT2D eigenvalue weighted by Gasteiger charge is 2.45. The average molecular weight is 445 g/mol. The van der Waals surface area contributed by atoms with Crippen LogP contribution in [0.25, 0.3) is 10.9 Å². The third-order valence-corrected chi connectivity index (χ3v) is 6.15. The van der Waals surface area contributed by atoms with E-state index in [4.69, 9.17) is 9.47 Å². The van der Waals surface area contributed by atoms with Gasteiger partial charge < -0.3 is 14.4 Å². The molecule has 0 spiro atoms. The summed E-state index contributed by atoms with van der Waals surface area (Å²) in [5.74, 6) is 2.11. The van der Waals surface area contributed by atoms with Gasteiger partial charge in [-0.05, 0) is 24.1 Å². The van der Waals surface area contributed by atoms with E-state index in [1.54, 1.807) is 20.5 Å². The molecule has 0 radical (unpaired) electrons. The van der Waals surface area contributed by atoms with Gasteiger partial charge in [0.1, 0.15) is 17.8 Å². The van der Waals surface area contributed by atoms with E-state index in [0.717, 1.165) is 47.9 Å². The molecule has 0 saturated carbocycles. The number of anilines is 1. The maximum absolute atomic E-state index is 12.7. The number of alkyl halides is 3. The molecule has 2 unspecified atom stereocenters. The van der Waals surface area contributed by atoms with Crippen molar-refractivity contribution in [1.29, 1.82) is 0 Å². The summed E-state index contributed by atoms with van der Waals surface area (Å²) in [6, 6.07) is 6.86. The predicted octanol–water partition coefficient (Wildman–Crippen LogP) is 3.52. The van der Waals surface area contributed by atoms with E-state index >= 15 is 0 Å². The summed E-state index contributed by atoms with van der Waals surface area (Å²) in [7, 11) is 3.19. The lowest BCUT2D eigenvalue weighted by Gasteiger charge is -2.57. The van der Waals surface area contributed by atoms with Gasteiger partial charge in [-0.3, -0.25) is 9.88 Å². The quantitative estimate of drug-likeness (QED) is 0.596. The maximum Gasteiger partial charge on any atom is 0.433 e. The van der Waals surface area contributed by atoms with Gasteiger partial charge in [-0.15, -0.1) is 0 Å². The van der Waals surface area contributed by atoms with Gasteiger partial charge in [-0.2, -0.15) is 13.2 Å². The Morgan fingerprint density at radius 1 is 1.00 bits per heavy atom. The molecule has 1 aromatic carbocycles.